The SMILES string of the molecule is N#CC=C(C#N)C1=CC(=O)c2ccccc21. The lowest BCUT2D eigenvalue weighted by molar-refractivity contribution is 0.105. The molecule has 0 unspecified atom stereocenters. The summed E-state index contributed by atoms with van der Waals surface area (Å²) in [6.45, 7) is 0. The predicted octanol–water partition coefficient (Wildman–Crippen LogP) is 2.24. The molecule has 3 nitrogen and oxygen atoms in total. The van der Waals surface area contributed by atoms with Crippen molar-refractivity contribution in [3.05, 3.63) is 53.1 Å². The maximum absolute atomic E-state index is 11.6. The van der Waals surface area contributed by atoms with Gasteiger partial charge in [-0.15, -0.1) is 0 Å². The Morgan fingerprint density at radius 2 is 1.88 bits per heavy atom. The zero-order chi connectivity index (χ0) is 11.5. The van der Waals surface area contributed by atoms with Crippen molar-refractivity contribution in [1.82, 2.24) is 0 Å². The highest BCUT2D eigenvalue weighted by Crippen LogP contribution is 2.31. The molecule has 74 valence electrons. The van der Waals surface area contributed by atoms with Gasteiger partial charge in [-0.1, -0.05) is 24.3 Å². The lowest BCUT2D eigenvalue weighted by Gasteiger charge is -2.01. The summed E-state index contributed by atoms with van der Waals surface area (Å²) in [5, 5.41) is 17.5. The van der Waals surface area contributed by atoms with E-state index in [4.69, 9.17) is 10.5 Å². The number of allylic oxidation sites excluding steroid dienone is 4. The molecule has 1 aliphatic rings. The van der Waals surface area contributed by atoms with Crippen molar-refractivity contribution in [3.8, 4) is 12.1 Å². The van der Waals surface area contributed by atoms with Gasteiger partial charge in [0.15, 0.2) is 5.78 Å². The van der Waals surface area contributed by atoms with E-state index in [0.29, 0.717) is 11.1 Å². The molecule has 0 saturated carbocycles. The van der Waals surface area contributed by atoms with Gasteiger partial charge in [-0.3, -0.25) is 4.79 Å². The van der Waals surface area contributed by atoms with Gasteiger partial charge in [0.2, 0.25) is 0 Å². The molecular formula is C13H6N2O. The van der Waals surface area contributed by atoms with E-state index >= 15 is 0 Å². The Kier molecular flexibility index (Phi) is 2.37. The number of carbonyl (C=O) groups is 1. The number of nitrogens with zero attached hydrogens (tertiary/aromatic N) is 2. The van der Waals surface area contributed by atoms with Crippen LogP contribution in [0.3, 0.4) is 0 Å². The van der Waals surface area contributed by atoms with Crippen molar-refractivity contribution in [2.24, 2.45) is 0 Å². The lowest BCUT2D eigenvalue weighted by Crippen LogP contribution is -1.90. The number of fused-ring (bicyclic) bond motifs is 1. The number of hydrogen-bond acceptors (Lipinski definition) is 3. The summed E-state index contributed by atoms with van der Waals surface area (Å²) in [5.41, 5.74) is 2.05. The number of hydrogen-bond donors (Lipinski definition) is 0. The van der Waals surface area contributed by atoms with Gasteiger partial charge in [-0.2, -0.15) is 10.5 Å². The van der Waals surface area contributed by atoms with Crippen LogP contribution in [0.15, 0.2) is 42.0 Å². The summed E-state index contributed by atoms with van der Waals surface area (Å²) >= 11 is 0. The van der Waals surface area contributed by atoms with E-state index < -0.39 is 0 Å². The highest BCUT2D eigenvalue weighted by atomic mass is 16.1. The third kappa shape index (κ3) is 1.41. The first-order valence-electron chi connectivity index (χ1n) is 4.63. The van der Waals surface area contributed by atoms with Crippen LogP contribution in [0.25, 0.3) is 5.57 Å². The fourth-order valence-electron chi connectivity index (χ4n) is 1.68. The molecule has 1 aromatic rings. The van der Waals surface area contributed by atoms with Crippen LogP contribution in [0.5, 0.6) is 0 Å². The number of carbonyl (C=O) groups excluding carboxylic acids is 1. The first-order chi connectivity index (χ1) is 7.77. The van der Waals surface area contributed by atoms with Crippen LogP contribution in [0.1, 0.15) is 15.9 Å². The Hall–Kier alpha value is -2.65. The van der Waals surface area contributed by atoms with E-state index in [9.17, 15) is 4.79 Å². The predicted molar refractivity (Wildman–Crippen MR) is 58.1 cm³/mol. The third-order valence-electron chi connectivity index (χ3n) is 2.38. The molecule has 1 aromatic carbocycles. The monoisotopic (exact) mass is 206 g/mol. The molecule has 0 heterocycles. The maximum atomic E-state index is 11.6. The van der Waals surface area contributed by atoms with Gasteiger partial charge < -0.3 is 0 Å². The van der Waals surface area contributed by atoms with E-state index in [1.165, 1.54) is 6.08 Å². The zero-order valence-corrected chi connectivity index (χ0v) is 8.27. The number of nitriles is 2. The van der Waals surface area contributed by atoms with Crippen LogP contribution in [0, 0.1) is 22.7 Å². The standard InChI is InChI=1S/C13H6N2O/c14-6-5-9(8-15)12-7-13(16)11-4-2-1-3-10(11)12/h1-5,7H. The van der Waals surface area contributed by atoms with Gasteiger partial charge in [0, 0.05) is 17.2 Å². The molecule has 0 amide bonds. The Labute approximate surface area is 92.5 Å². The lowest BCUT2D eigenvalue weighted by atomic mass is 10.00. The molecule has 0 aromatic heterocycles. The number of ketones is 1. The van der Waals surface area contributed by atoms with Gasteiger partial charge in [0.25, 0.3) is 0 Å². The fourth-order valence-corrected chi connectivity index (χ4v) is 1.68. The molecule has 0 spiro atoms. The van der Waals surface area contributed by atoms with E-state index in [-0.39, 0.29) is 11.4 Å². The normalized spacial score (nSPS) is 13.8. The summed E-state index contributed by atoms with van der Waals surface area (Å²) in [6.07, 6.45) is 2.55. The molecule has 0 saturated heterocycles. The summed E-state index contributed by atoms with van der Waals surface area (Å²) in [6, 6.07) is 10.8. The summed E-state index contributed by atoms with van der Waals surface area (Å²) in [4.78, 5) is 11.6. The smallest absolute Gasteiger partial charge is 0.187 e. The van der Waals surface area contributed by atoms with Crippen LogP contribution in [-0.2, 0) is 0 Å². The van der Waals surface area contributed by atoms with Crippen LogP contribution in [-0.4, -0.2) is 5.78 Å². The first kappa shape index (κ1) is 9.89. The minimum absolute atomic E-state index is 0.121. The Bertz CT molecular complexity index is 610. The molecule has 0 radical (unpaired) electrons. The van der Waals surface area contributed by atoms with Crippen LogP contribution in [0.2, 0.25) is 0 Å². The fraction of sp³-hybridized carbons (Fsp3) is 0. The highest BCUT2D eigenvalue weighted by molar-refractivity contribution is 6.19. The summed E-state index contributed by atoms with van der Waals surface area (Å²) < 4.78 is 0. The van der Waals surface area contributed by atoms with Crippen molar-refractivity contribution in [2.75, 3.05) is 0 Å². The molecule has 0 bridgehead atoms. The minimum atomic E-state index is -0.121. The molecular weight excluding hydrogens is 200 g/mol. The quantitative estimate of drug-likeness (QED) is 0.662. The highest BCUT2D eigenvalue weighted by Gasteiger charge is 2.22. The van der Waals surface area contributed by atoms with Crippen molar-refractivity contribution in [3.63, 3.8) is 0 Å². The van der Waals surface area contributed by atoms with E-state index in [0.717, 1.165) is 11.6 Å². The summed E-state index contributed by atoms with van der Waals surface area (Å²) in [5.74, 6) is -0.121. The molecule has 2 rings (SSSR count). The molecule has 1 aliphatic carbocycles. The number of rotatable bonds is 1. The zero-order valence-electron chi connectivity index (χ0n) is 8.27. The molecule has 0 aliphatic heterocycles. The van der Waals surface area contributed by atoms with Gasteiger partial charge in [0.1, 0.15) is 6.07 Å². The molecule has 3 heteroatoms. The first-order valence-corrected chi connectivity index (χ1v) is 4.63. The number of benzene rings is 1. The average Bonchev–Trinajstić information content (AvgIpc) is 2.65. The third-order valence-corrected chi connectivity index (χ3v) is 2.38. The van der Waals surface area contributed by atoms with Crippen molar-refractivity contribution < 1.29 is 4.79 Å². The van der Waals surface area contributed by atoms with Crippen molar-refractivity contribution in [2.45, 2.75) is 0 Å². The minimum Gasteiger partial charge on any atom is -0.289 e. The van der Waals surface area contributed by atoms with Gasteiger partial charge in [0.05, 0.1) is 11.6 Å². The molecule has 16 heavy (non-hydrogen) atoms. The summed E-state index contributed by atoms with van der Waals surface area (Å²) in [7, 11) is 0. The Morgan fingerprint density at radius 3 is 2.50 bits per heavy atom. The van der Waals surface area contributed by atoms with Crippen LogP contribution >= 0.6 is 0 Å². The van der Waals surface area contributed by atoms with Crippen LogP contribution in [0.4, 0.5) is 0 Å². The van der Waals surface area contributed by atoms with Gasteiger partial charge >= 0.3 is 0 Å². The topological polar surface area (TPSA) is 64.7 Å². The van der Waals surface area contributed by atoms with Gasteiger partial charge in [-0.05, 0) is 11.6 Å². The van der Waals surface area contributed by atoms with E-state index in [1.807, 2.05) is 6.07 Å². The second kappa shape index (κ2) is 3.84. The second-order valence-corrected chi connectivity index (χ2v) is 3.27. The average molecular weight is 206 g/mol. The molecule has 0 atom stereocenters. The van der Waals surface area contributed by atoms with E-state index in [2.05, 4.69) is 0 Å². The second-order valence-electron chi connectivity index (χ2n) is 3.27. The van der Waals surface area contributed by atoms with Crippen molar-refractivity contribution in [1.29, 1.82) is 10.5 Å². The van der Waals surface area contributed by atoms with E-state index in [1.54, 1.807) is 30.3 Å². The molecule has 0 fully saturated rings. The largest absolute Gasteiger partial charge is 0.289 e. The van der Waals surface area contributed by atoms with Crippen LogP contribution < -0.4 is 0 Å². The molecule has 0 N–H and O–H groups in total. The van der Waals surface area contributed by atoms with Gasteiger partial charge in [-0.25, -0.2) is 0 Å². The maximum Gasteiger partial charge on any atom is 0.187 e. The van der Waals surface area contributed by atoms with Crippen molar-refractivity contribution >= 4 is 11.4 Å². The Morgan fingerprint density at radius 1 is 1.19 bits per heavy atom. The Balaban J connectivity index is 2.60.